The van der Waals surface area contributed by atoms with Gasteiger partial charge in [-0.3, -0.25) is 0 Å². The summed E-state index contributed by atoms with van der Waals surface area (Å²) >= 11 is 3.43. The summed E-state index contributed by atoms with van der Waals surface area (Å²) in [5.74, 6) is -0.319. The molecular weight excluding hydrogens is 260 g/mol. The number of nitrogens with one attached hydrogen (secondary N) is 1. The fourth-order valence-corrected chi connectivity index (χ4v) is 1.97. The molecule has 0 saturated heterocycles. The minimum atomic E-state index is -0.319. The van der Waals surface area contributed by atoms with Crippen LogP contribution in [0.25, 0.3) is 0 Å². The molecule has 1 unspecified atom stereocenters. The smallest absolute Gasteiger partial charge is 0.355 e. The fraction of sp³-hybridized carbons (Fsp3) is 0.300. The molecule has 4 nitrogen and oxygen atoms in total. The van der Waals surface area contributed by atoms with Crippen LogP contribution in [0.4, 0.5) is 0 Å². The van der Waals surface area contributed by atoms with E-state index in [1.807, 2.05) is 23.3 Å². The molecule has 0 aromatic rings. The second kappa shape index (κ2) is 4.10. The van der Waals surface area contributed by atoms with Gasteiger partial charge in [0.2, 0.25) is 0 Å². The number of hydrogen-bond acceptors (Lipinski definition) is 4. The Hall–Kier alpha value is -1.23. The topological polar surface area (TPSA) is 41.6 Å². The lowest BCUT2D eigenvalue weighted by Crippen LogP contribution is -2.35. The molecular formula is C10H11BrN2O2. The van der Waals surface area contributed by atoms with Crippen LogP contribution in [0.15, 0.2) is 34.7 Å². The standard InChI is InChI=1S/C10H11BrN2O2/c1-2-15-10(14)8-6-13-5-3-4-7(11)9(13)12-8/h3-6,9,12H,2H2,1H3. The summed E-state index contributed by atoms with van der Waals surface area (Å²) < 4.78 is 5.90. The summed E-state index contributed by atoms with van der Waals surface area (Å²) in [4.78, 5) is 13.4. The van der Waals surface area contributed by atoms with E-state index in [0.717, 1.165) is 4.48 Å². The quantitative estimate of drug-likeness (QED) is 0.771. The maximum atomic E-state index is 11.5. The number of halogens is 1. The maximum Gasteiger partial charge on any atom is 0.355 e. The number of ether oxygens (including phenoxy) is 1. The molecule has 0 amide bonds. The number of rotatable bonds is 2. The minimum Gasteiger partial charge on any atom is -0.461 e. The van der Waals surface area contributed by atoms with Crippen LogP contribution in [0.5, 0.6) is 0 Å². The second-order valence-corrected chi connectivity index (χ2v) is 4.07. The van der Waals surface area contributed by atoms with Crippen molar-refractivity contribution < 1.29 is 9.53 Å². The molecule has 2 aliphatic heterocycles. The molecule has 0 aromatic heterocycles. The normalized spacial score (nSPS) is 22.8. The van der Waals surface area contributed by atoms with E-state index in [9.17, 15) is 4.79 Å². The third-order valence-corrected chi connectivity index (χ3v) is 2.84. The van der Waals surface area contributed by atoms with E-state index in [1.54, 1.807) is 13.1 Å². The first-order chi connectivity index (χ1) is 7.22. The molecule has 2 heterocycles. The van der Waals surface area contributed by atoms with Gasteiger partial charge in [-0.2, -0.15) is 0 Å². The van der Waals surface area contributed by atoms with E-state index in [-0.39, 0.29) is 12.1 Å². The van der Waals surface area contributed by atoms with Crippen LogP contribution < -0.4 is 5.32 Å². The third-order valence-electron chi connectivity index (χ3n) is 2.14. The molecule has 0 bridgehead atoms. The molecule has 0 fully saturated rings. The summed E-state index contributed by atoms with van der Waals surface area (Å²) in [6, 6.07) is 0. The highest BCUT2D eigenvalue weighted by Crippen LogP contribution is 2.25. The van der Waals surface area contributed by atoms with Gasteiger partial charge in [0, 0.05) is 16.9 Å². The van der Waals surface area contributed by atoms with E-state index in [1.165, 1.54) is 0 Å². The number of hydrogen-bond donors (Lipinski definition) is 1. The van der Waals surface area contributed by atoms with Gasteiger partial charge in [0.05, 0.1) is 6.61 Å². The van der Waals surface area contributed by atoms with Crippen LogP contribution in [-0.2, 0) is 9.53 Å². The zero-order valence-electron chi connectivity index (χ0n) is 8.24. The highest BCUT2D eigenvalue weighted by atomic mass is 79.9. The Morgan fingerprint density at radius 2 is 2.53 bits per heavy atom. The van der Waals surface area contributed by atoms with Crippen LogP contribution in [0.3, 0.4) is 0 Å². The van der Waals surface area contributed by atoms with Gasteiger partial charge in [-0.1, -0.05) is 15.9 Å². The van der Waals surface area contributed by atoms with Crippen molar-refractivity contribution in [3.05, 3.63) is 34.7 Å². The molecule has 0 aliphatic carbocycles. The molecule has 0 radical (unpaired) electrons. The Morgan fingerprint density at radius 1 is 1.73 bits per heavy atom. The van der Waals surface area contributed by atoms with E-state index in [0.29, 0.717) is 12.3 Å². The number of nitrogens with zero attached hydrogens (tertiary/aromatic N) is 1. The monoisotopic (exact) mass is 270 g/mol. The Labute approximate surface area is 96.4 Å². The van der Waals surface area contributed by atoms with Gasteiger partial charge in [0.25, 0.3) is 0 Å². The molecule has 15 heavy (non-hydrogen) atoms. The number of esters is 1. The lowest BCUT2D eigenvalue weighted by atomic mass is 10.3. The van der Waals surface area contributed by atoms with Crippen LogP contribution in [0.2, 0.25) is 0 Å². The molecule has 2 rings (SSSR count). The van der Waals surface area contributed by atoms with Crippen molar-refractivity contribution in [3.8, 4) is 0 Å². The molecule has 0 aromatic carbocycles. The van der Waals surface area contributed by atoms with Crippen LogP contribution in [-0.4, -0.2) is 23.6 Å². The highest BCUT2D eigenvalue weighted by Gasteiger charge is 2.29. The molecule has 1 N–H and O–H groups in total. The SMILES string of the molecule is CCOC(=O)C1=CN2C=CC=C(Br)C2N1. The Morgan fingerprint density at radius 3 is 3.20 bits per heavy atom. The molecule has 1 atom stereocenters. The highest BCUT2D eigenvalue weighted by molar-refractivity contribution is 9.11. The largest absolute Gasteiger partial charge is 0.461 e. The molecule has 80 valence electrons. The molecule has 0 spiro atoms. The van der Waals surface area contributed by atoms with Crippen molar-refractivity contribution in [1.29, 1.82) is 0 Å². The molecule has 2 aliphatic rings. The first kappa shape index (κ1) is 10.3. The van der Waals surface area contributed by atoms with E-state index < -0.39 is 0 Å². The number of fused-ring (bicyclic) bond motifs is 1. The van der Waals surface area contributed by atoms with Crippen molar-refractivity contribution in [3.63, 3.8) is 0 Å². The first-order valence-corrected chi connectivity index (χ1v) is 5.48. The van der Waals surface area contributed by atoms with Gasteiger partial charge in [0.1, 0.15) is 11.9 Å². The van der Waals surface area contributed by atoms with Crippen molar-refractivity contribution in [2.75, 3.05) is 6.61 Å². The van der Waals surface area contributed by atoms with Gasteiger partial charge in [0.15, 0.2) is 0 Å². The molecule has 5 heteroatoms. The second-order valence-electron chi connectivity index (χ2n) is 3.15. The van der Waals surface area contributed by atoms with Gasteiger partial charge in [-0.25, -0.2) is 4.79 Å². The zero-order valence-corrected chi connectivity index (χ0v) is 9.82. The minimum absolute atomic E-state index is 0.0191. The van der Waals surface area contributed by atoms with Gasteiger partial charge >= 0.3 is 5.97 Å². The first-order valence-electron chi connectivity index (χ1n) is 4.69. The third kappa shape index (κ3) is 1.92. The van der Waals surface area contributed by atoms with Gasteiger partial charge in [-0.05, 0) is 19.1 Å². The predicted octanol–water partition coefficient (Wildman–Crippen LogP) is 1.43. The summed E-state index contributed by atoms with van der Waals surface area (Å²) in [5.41, 5.74) is 0.485. The average Bonchev–Trinajstić information content (AvgIpc) is 2.63. The number of allylic oxidation sites excluding steroid dienone is 2. The summed E-state index contributed by atoms with van der Waals surface area (Å²) in [7, 11) is 0. The number of carbonyl (C=O) groups is 1. The zero-order chi connectivity index (χ0) is 10.8. The van der Waals surface area contributed by atoms with E-state index in [2.05, 4.69) is 21.2 Å². The van der Waals surface area contributed by atoms with Crippen LogP contribution in [0.1, 0.15) is 6.92 Å². The van der Waals surface area contributed by atoms with Crippen LogP contribution >= 0.6 is 15.9 Å². The van der Waals surface area contributed by atoms with Gasteiger partial charge in [-0.15, -0.1) is 0 Å². The van der Waals surface area contributed by atoms with Crippen LogP contribution in [0, 0.1) is 0 Å². The van der Waals surface area contributed by atoms with Crippen molar-refractivity contribution in [2.24, 2.45) is 0 Å². The summed E-state index contributed by atoms with van der Waals surface area (Å²) in [6.07, 6.45) is 7.47. The van der Waals surface area contributed by atoms with E-state index in [4.69, 9.17) is 4.74 Å². The number of carbonyl (C=O) groups excluding carboxylic acids is 1. The lowest BCUT2D eigenvalue weighted by Gasteiger charge is -2.24. The average molecular weight is 271 g/mol. The Kier molecular flexibility index (Phi) is 2.81. The summed E-state index contributed by atoms with van der Waals surface area (Å²) in [6.45, 7) is 2.17. The molecule has 0 saturated carbocycles. The Balaban J connectivity index is 2.11. The van der Waals surface area contributed by atoms with Crippen molar-refractivity contribution in [1.82, 2.24) is 10.2 Å². The Bertz CT molecular complexity index is 374. The van der Waals surface area contributed by atoms with Gasteiger partial charge < -0.3 is 15.0 Å². The van der Waals surface area contributed by atoms with E-state index >= 15 is 0 Å². The lowest BCUT2D eigenvalue weighted by molar-refractivity contribution is -0.138. The van der Waals surface area contributed by atoms with Crippen molar-refractivity contribution >= 4 is 21.9 Å². The predicted molar refractivity (Wildman–Crippen MR) is 59.6 cm³/mol. The van der Waals surface area contributed by atoms with Crippen molar-refractivity contribution in [2.45, 2.75) is 13.1 Å². The maximum absolute atomic E-state index is 11.5. The summed E-state index contributed by atoms with van der Waals surface area (Å²) in [5, 5.41) is 3.07. The fourth-order valence-electron chi connectivity index (χ4n) is 1.47.